The molecule has 1 saturated carbocycles. The fraction of sp³-hybridized carbons (Fsp3) is 0.875. The molecule has 3 heteroatoms. The first-order valence-electron chi connectivity index (χ1n) is 4.02. The molecule has 4 atom stereocenters. The van der Waals surface area contributed by atoms with Crippen molar-refractivity contribution < 1.29 is 14.6 Å². The van der Waals surface area contributed by atoms with Crippen LogP contribution in [0.1, 0.15) is 6.92 Å². The van der Waals surface area contributed by atoms with Crippen LogP contribution < -0.4 is 0 Å². The third-order valence-electron chi connectivity index (χ3n) is 2.99. The Hall–Kier alpha value is -0.570. The van der Waals surface area contributed by atoms with Crippen LogP contribution >= 0.6 is 0 Å². The fourth-order valence-electron chi connectivity index (χ4n) is 2.19. The summed E-state index contributed by atoms with van der Waals surface area (Å²) < 4.78 is 5.17. The Kier molecular flexibility index (Phi) is 1.42. The predicted octanol–water partition coefficient (Wildman–Crippen LogP) is 0.599. The summed E-state index contributed by atoms with van der Waals surface area (Å²) in [6.45, 7) is 3.37. The molecule has 0 aromatic carbocycles. The number of fused-ring (bicyclic) bond motifs is 1. The minimum atomic E-state index is -0.663. The van der Waals surface area contributed by atoms with Crippen LogP contribution in [-0.2, 0) is 9.53 Å². The summed E-state index contributed by atoms with van der Waals surface area (Å²) in [7, 11) is 0. The highest BCUT2D eigenvalue weighted by molar-refractivity contribution is 5.70. The lowest BCUT2D eigenvalue weighted by Gasteiger charge is -2.07. The van der Waals surface area contributed by atoms with Crippen molar-refractivity contribution in [2.45, 2.75) is 6.92 Å². The van der Waals surface area contributed by atoms with E-state index in [2.05, 4.69) is 0 Å². The zero-order chi connectivity index (χ0) is 8.01. The lowest BCUT2D eigenvalue weighted by atomic mass is 10.0. The highest BCUT2D eigenvalue weighted by Gasteiger charge is 2.57. The normalized spacial score (nSPS) is 43.2. The van der Waals surface area contributed by atoms with Crippen LogP contribution in [0.25, 0.3) is 0 Å². The number of carboxylic acid groups (broad SMARTS) is 1. The van der Waals surface area contributed by atoms with Crippen molar-refractivity contribution in [3.05, 3.63) is 0 Å². The number of ether oxygens (including phenoxy) is 1. The van der Waals surface area contributed by atoms with E-state index in [-0.39, 0.29) is 5.92 Å². The van der Waals surface area contributed by atoms with E-state index in [1.54, 1.807) is 6.92 Å². The second kappa shape index (κ2) is 2.21. The summed E-state index contributed by atoms with van der Waals surface area (Å²) in [5.74, 6) is 0.682. The molecule has 2 fully saturated rings. The highest BCUT2D eigenvalue weighted by atomic mass is 16.5. The van der Waals surface area contributed by atoms with Gasteiger partial charge in [0.1, 0.15) is 0 Å². The minimum absolute atomic E-state index is 0.172. The van der Waals surface area contributed by atoms with Crippen LogP contribution in [0.4, 0.5) is 0 Å². The predicted molar refractivity (Wildman–Crippen MR) is 38.1 cm³/mol. The van der Waals surface area contributed by atoms with Gasteiger partial charge in [-0.15, -0.1) is 0 Å². The van der Waals surface area contributed by atoms with Crippen LogP contribution in [-0.4, -0.2) is 24.3 Å². The van der Waals surface area contributed by atoms with Crippen LogP contribution in [0.2, 0.25) is 0 Å². The number of hydrogen-bond donors (Lipinski definition) is 1. The van der Waals surface area contributed by atoms with E-state index >= 15 is 0 Å². The van der Waals surface area contributed by atoms with Crippen molar-refractivity contribution in [3.8, 4) is 0 Å². The topological polar surface area (TPSA) is 46.5 Å². The van der Waals surface area contributed by atoms with Gasteiger partial charge in [0.05, 0.1) is 19.1 Å². The summed E-state index contributed by atoms with van der Waals surface area (Å²) in [4.78, 5) is 10.6. The Morgan fingerprint density at radius 2 is 2.09 bits per heavy atom. The van der Waals surface area contributed by atoms with Crippen LogP contribution in [0.3, 0.4) is 0 Å². The Bertz CT molecular complexity index is 180. The van der Waals surface area contributed by atoms with Gasteiger partial charge in [-0.25, -0.2) is 0 Å². The van der Waals surface area contributed by atoms with E-state index in [4.69, 9.17) is 9.84 Å². The van der Waals surface area contributed by atoms with Gasteiger partial charge in [-0.05, 0) is 17.8 Å². The van der Waals surface area contributed by atoms with Gasteiger partial charge in [0.25, 0.3) is 0 Å². The molecule has 0 aromatic heterocycles. The van der Waals surface area contributed by atoms with Crippen molar-refractivity contribution in [1.82, 2.24) is 0 Å². The van der Waals surface area contributed by atoms with E-state index in [9.17, 15) is 4.79 Å². The zero-order valence-electron chi connectivity index (χ0n) is 6.49. The largest absolute Gasteiger partial charge is 0.481 e. The molecule has 1 saturated heterocycles. The summed E-state index contributed by atoms with van der Waals surface area (Å²) >= 11 is 0. The van der Waals surface area contributed by atoms with E-state index in [1.165, 1.54) is 0 Å². The molecular formula is C8H12O3. The van der Waals surface area contributed by atoms with E-state index in [0.29, 0.717) is 17.8 Å². The van der Waals surface area contributed by atoms with Gasteiger partial charge in [-0.1, -0.05) is 6.92 Å². The van der Waals surface area contributed by atoms with E-state index in [1.807, 2.05) is 0 Å². The van der Waals surface area contributed by atoms with Gasteiger partial charge >= 0.3 is 5.97 Å². The Labute approximate surface area is 65.4 Å². The number of rotatable bonds is 2. The van der Waals surface area contributed by atoms with Gasteiger partial charge < -0.3 is 9.84 Å². The first-order chi connectivity index (χ1) is 5.22. The lowest BCUT2D eigenvalue weighted by molar-refractivity contribution is -0.142. The molecule has 2 aliphatic rings. The molecule has 3 nitrogen and oxygen atoms in total. The van der Waals surface area contributed by atoms with Crippen molar-refractivity contribution in [2.75, 3.05) is 13.2 Å². The smallest absolute Gasteiger partial charge is 0.306 e. The molecule has 1 aliphatic heterocycles. The molecule has 1 heterocycles. The first kappa shape index (κ1) is 7.10. The molecular weight excluding hydrogens is 144 g/mol. The van der Waals surface area contributed by atoms with Crippen molar-refractivity contribution in [3.63, 3.8) is 0 Å². The molecule has 0 amide bonds. The van der Waals surface area contributed by atoms with E-state index in [0.717, 1.165) is 13.2 Å². The van der Waals surface area contributed by atoms with Crippen molar-refractivity contribution in [2.24, 2.45) is 23.7 Å². The average molecular weight is 156 g/mol. The number of hydrogen-bond acceptors (Lipinski definition) is 2. The Morgan fingerprint density at radius 1 is 1.55 bits per heavy atom. The summed E-state index contributed by atoms with van der Waals surface area (Å²) in [6.07, 6.45) is 0. The number of carbonyl (C=O) groups is 1. The summed E-state index contributed by atoms with van der Waals surface area (Å²) in [6, 6.07) is 0. The second-order valence-electron chi connectivity index (χ2n) is 3.57. The molecule has 62 valence electrons. The fourth-order valence-corrected chi connectivity index (χ4v) is 2.19. The maximum Gasteiger partial charge on any atom is 0.306 e. The van der Waals surface area contributed by atoms with Gasteiger partial charge in [0, 0.05) is 0 Å². The number of aliphatic carboxylic acids is 1. The molecule has 0 radical (unpaired) electrons. The summed E-state index contributed by atoms with van der Waals surface area (Å²) in [5.41, 5.74) is 0. The van der Waals surface area contributed by atoms with E-state index < -0.39 is 5.97 Å². The van der Waals surface area contributed by atoms with Gasteiger partial charge in [-0.2, -0.15) is 0 Å². The molecule has 0 bridgehead atoms. The minimum Gasteiger partial charge on any atom is -0.481 e. The maximum absolute atomic E-state index is 10.6. The molecule has 1 N–H and O–H groups in total. The third kappa shape index (κ3) is 0.948. The summed E-state index contributed by atoms with van der Waals surface area (Å²) in [5, 5.41) is 8.71. The molecule has 2 rings (SSSR count). The SMILES string of the molecule is CC(C(=O)O)C1[C@H]2COC[C@@H]12. The Morgan fingerprint density at radius 3 is 2.55 bits per heavy atom. The van der Waals surface area contributed by atoms with Crippen LogP contribution in [0.15, 0.2) is 0 Å². The van der Waals surface area contributed by atoms with Gasteiger partial charge in [0.15, 0.2) is 0 Å². The maximum atomic E-state index is 10.6. The van der Waals surface area contributed by atoms with Crippen LogP contribution in [0.5, 0.6) is 0 Å². The van der Waals surface area contributed by atoms with Crippen molar-refractivity contribution >= 4 is 5.97 Å². The molecule has 0 spiro atoms. The second-order valence-corrected chi connectivity index (χ2v) is 3.57. The standard InChI is InChI=1S/C8H12O3/c1-4(8(9)10)7-5-2-11-3-6(5)7/h4-7H,2-3H2,1H3,(H,9,10)/t4?,5-,6+,7?. The quantitative estimate of drug-likeness (QED) is 0.636. The average Bonchev–Trinajstić information content (AvgIpc) is 2.41. The highest BCUT2D eigenvalue weighted by Crippen LogP contribution is 2.54. The van der Waals surface area contributed by atoms with Gasteiger partial charge in [0.2, 0.25) is 0 Å². The first-order valence-corrected chi connectivity index (χ1v) is 4.02. The molecule has 1 aliphatic carbocycles. The molecule has 11 heavy (non-hydrogen) atoms. The zero-order valence-corrected chi connectivity index (χ0v) is 6.49. The molecule has 2 unspecified atom stereocenters. The third-order valence-corrected chi connectivity index (χ3v) is 2.99. The number of carboxylic acids is 1. The monoisotopic (exact) mass is 156 g/mol. The van der Waals surface area contributed by atoms with Crippen molar-refractivity contribution in [1.29, 1.82) is 0 Å². The van der Waals surface area contributed by atoms with Gasteiger partial charge in [-0.3, -0.25) is 4.79 Å². The lowest BCUT2D eigenvalue weighted by Crippen LogP contribution is -2.16. The Balaban J connectivity index is 1.95. The molecule has 0 aromatic rings. The van der Waals surface area contributed by atoms with Crippen LogP contribution in [0, 0.1) is 23.7 Å².